The molecule has 2 aromatic heterocycles. The number of nitrogens with zero attached hydrogens (tertiary/aromatic N) is 2. The van der Waals surface area contributed by atoms with Crippen LogP contribution in [0.2, 0.25) is 8.67 Å². The lowest BCUT2D eigenvalue weighted by Crippen LogP contribution is -2.23. The maximum atomic E-state index is 12.5. The molecular formula is C18H13Cl2N3O2S2. The highest BCUT2D eigenvalue weighted by Gasteiger charge is 2.22. The maximum Gasteiger partial charge on any atom is 0.257 e. The van der Waals surface area contributed by atoms with E-state index in [0.717, 1.165) is 24.2 Å². The topological polar surface area (TPSA) is 62.3 Å². The molecule has 4 rings (SSSR count). The van der Waals surface area contributed by atoms with Crippen molar-refractivity contribution >= 4 is 68.5 Å². The third-order valence-corrected chi connectivity index (χ3v) is 6.42. The fourth-order valence-electron chi connectivity index (χ4n) is 2.85. The Morgan fingerprint density at radius 1 is 1.22 bits per heavy atom. The molecule has 0 radical (unpaired) electrons. The van der Waals surface area contributed by atoms with Crippen LogP contribution in [0.3, 0.4) is 0 Å². The minimum absolute atomic E-state index is 0.120. The van der Waals surface area contributed by atoms with Crippen molar-refractivity contribution in [2.24, 2.45) is 0 Å². The molecule has 1 N–H and O–H groups in total. The standard InChI is InChI=1S/C18H13Cl2N3O2S2/c19-14-8-12(16(20)27-14)13-9-26-18(21-13)22-17(25)10-3-5-11(6-4-10)23-7-1-2-15(23)24/h3-6,8-9H,1-2,7H2,(H,21,22,25). The van der Waals surface area contributed by atoms with E-state index in [1.807, 2.05) is 5.38 Å². The van der Waals surface area contributed by atoms with Crippen LogP contribution in [0.5, 0.6) is 0 Å². The van der Waals surface area contributed by atoms with E-state index in [4.69, 9.17) is 23.2 Å². The highest BCUT2D eigenvalue weighted by atomic mass is 35.5. The molecule has 0 atom stereocenters. The molecule has 1 saturated heterocycles. The Balaban J connectivity index is 1.46. The summed E-state index contributed by atoms with van der Waals surface area (Å²) in [4.78, 5) is 30.4. The van der Waals surface area contributed by atoms with E-state index in [1.165, 1.54) is 22.7 Å². The number of aromatic nitrogens is 1. The third-order valence-electron chi connectivity index (χ3n) is 4.17. The second-order valence-electron chi connectivity index (χ2n) is 5.93. The summed E-state index contributed by atoms with van der Waals surface area (Å²) in [6, 6.07) is 8.76. The molecule has 5 nitrogen and oxygen atoms in total. The summed E-state index contributed by atoms with van der Waals surface area (Å²) in [5, 5.41) is 5.09. The highest BCUT2D eigenvalue weighted by Crippen LogP contribution is 2.39. The second-order valence-corrected chi connectivity index (χ2v) is 9.07. The van der Waals surface area contributed by atoms with Crippen LogP contribution >= 0.6 is 45.9 Å². The predicted octanol–water partition coefficient (Wildman–Crippen LogP) is 5.56. The molecule has 0 bridgehead atoms. The van der Waals surface area contributed by atoms with Crippen molar-refractivity contribution in [1.29, 1.82) is 0 Å². The first-order valence-corrected chi connectivity index (χ1v) is 10.6. The smallest absolute Gasteiger partial charge is 0.257 e. The Morgan fingerprint density at radius 2 is 2.00 bits per heavy atom. The van der Waals surface area contributed by atoms with Crippen LogP contribution in [0.15, 0.2) is 35.7 Å². The number of thiazole rings is 1. The van der Waals surface area contributed by atoms with Crippen LogP contribution in [-0.2, 0) is 4.79 Å². The molecular weight excluding hydrogens is 425 g/mol. The Hall–Kier alpha value is -1.93. The number of anilines is 2. The van der Waals surface area contributed by atoms with Crippen LogP contribution < -0.4 is 10.2 Å². The van der Waals surface area contributed by atoms with Crippen LogP contribution in [0, 0.1) is 0 Å². The number of hydrogen-bond acceptors (Lipinski definition) is 5. The van der Waals surface area contributed by atoms with Gasteiger partial charge in [0.25, 0.3) is 5.91 Å². The van der Waals surface area contributed by atoms with Gasteiger partial charge in [0.15, 0.2) is 5.13 Å². The summed E-state index contributed by atoms with van der Waals surface area (Å²) < 4.78 is 1.15. The van der Waals surface area contributed by atoms with Crippen molar-refractivity contribution in [2.45, 2.75) is 12.8 Å². The minimum atomic E-state index is -0.260. The first-order chi connectivity index (χ1) is 13.0. The van der Waals surface area contributed by atoms with E-state index < -0.39 is 0 Å². The molecule has 1 fully saturated rings. The molecule has 0 aliphatic carbocycles. The number of nitrogens with one attached hydrogen (secondary N) is 1. The molecule has 0 saturated carbocycles. The second kappa shape index (κ2) is 7.59. The number of rotatable bonds is 4. The summed E-state index contributed by atoms with van der Waals surface area (Å²) in [7, 11) is 0. The first-order valence-electron chi connectivity index (χ1n) is 8.14. The first kappa shape index (κ1) is 18.4. The Morgan fingerprint density at radius 3 is 2.63 bits per heavy atom. The summed E-state index contributed by atoms with van der Waals surface area (Å²) in [6.45, 7) is 0.724. The maximum absolute atomic E-state index is 12.5. The Labute approximate surface area is 173 Å². The lowest BCUT2D eigenvalue weighted by atomic mass is 10.2. The van der Waals surface area contributed by atoms with Crippen molar-refractivity contribution in [3.63, 3.8) is 0 Å². The van der Waals surface area contributed by atoms with Crippen molar-refractivity contribution in [3.8, 4) is 11.3 Å². The average Bonchev–Trinajstić information content (AvgIpc) is 3.35. The fraction of sp³-hybridized carbons (Fsp3) is 0.167. The van der Waals surface area contributed by atoms with E-state index >= 15 is 0 Å². The largest absolute Gasteiger partial charge is 0.312 e. The zero-order valence-electron chi connectivity index (χ0n) is 13.9. The van der Waals surface area contributed by atoms with Gasteiger partial charge in [-0.2, -0.15) is 0 Å². The van der Waals surface area contributed by atoms with Crippen molar-refractivity contribution in [3.05, 3.63) is 49.9 Å². The summed E-state index contributed by atoms with van der Waals surface area (Å²) in [5.74, 6) is -0.139. The van der Waals surface area contributed by atoms with Gasteiger partial charge in [-0.3, -0.25) is 14.9 Å². The van der Waals surface area contributed by atoms with E-state index in [9.17, 15) is 9.59 Å². The summed E-state index contributed by atoms with van der Waals surface area (Å²) >= 11 is 14.7. The molecule has 9 heteroatoms. The number of carbonyl (C=O) groups excluding carboxylic acids is 2. The van der Waals surface area contributed by atoms with Gasteiger partial charge in [-0.15, -0.1) is 22.7 Å². The zero-order chi connectivity index (χ0) is 19.0. The number of thiophene rings is 1. The molecule has 3 heterocycles. The van der Waals surface area contributed by atoms with Gasteiger partial charge in [-0.25, -0.2) is 4.98 Å². The van der Waals surface area contributed by atoms with Crippen molar-refractivity contribution in [1.82, 2.24) is 4.98 Å². The van der Waals surface area contributed by atoms with Crippen molar-refractivity contribution in [2.75, 3.05) is 16.8 Å². The van der Waals surface area contributed by atoms with Gasteiger partial charge in [0.2, 0.25) is 5.91 Å². The number of halogens is 2. The molecule has 1 aromatic carbocycles. The molecule has 3 aromatic rings. The SMILES string of the molecule is O=C(Nc1nc(-c2cc(Cl)sc2Cl)cs1)c1ccc(N2CCCC2=O)cc1. The van der Waals surface area contributed by atoms with E-state index in [1.54, 1.807) is 35.2 Å². The normalized spacial score (nSPS) is 14.0. The Kier molecular flexibility index (Phi) is 5.19. The highest BCUT2D eigenvalue weighted by molar-refractivity contribution is 7.20. The van der Waals surface area contributed by atoms with Gasteiger partial charge in [-0.05, 0) is 36.8 Å². The average molecular weight is 438 g/mol. The predicted molar refractivity (Wildman–Crippen MR) is 111 cm³/mol. The molecule has 0 unspecified atom stereocenters. The van der Waals surface area contributed by atoms with E-state index in [0.29, 0.717) is 31.5 Å². The minimum Gasteiger partial charge on any atom is -0.312 e. The lowest BCUT2D eigenvalue weighted by molar-refractivity contribution is -0.117. The lowest BCUT2D eigenvalue weighted by Gasteiger charge is -2.15. The van der Waals surface area contributed by atoms with Gasteiger partial charge < -0.3 is 4.90 Å². The number of hydrogen-bond donors (Lipinski definition) is 1. The monoisotopic (exact) mass is 437 g/mol. The van der Waals surface area contributed by atoms with Crippen LogP contribution in [0.1, 0.15) is 23.2 Å². The third kappa shape index (κ3) is 3.87. The van der Waals surface area contributed by atoms with Gasteiger partial charge in [0.1, 0.15) is 4.34 Å². The molecule has 27 heavy (non-hydrogen) atoms. The molecule has 138 valence electrons. The fourth-order valence-corrected chi connectivity index (χ4v) is 5.04. The number of amides is 2. The molecule has 1 aliphatic heterocycles. The van der Waals surface area contributed by atoms with Gasteiger partial charge >= 0.3 is 0 Å². The Bertz CT molecular complexity index is 1010. The summed E-state index contributed by atoms with van der Waals surface area (Å²) in [5.41, 5.74) is 2.74. The number of benzene rings is 1. The van der Waals surface area contributed by atoms with Crippen LogP contribution in [0.4, 0.5) is 10.8 Å². The van der Waals surface area contributed by atoms with E-state index in [-0.39, 0.29) is 11.8 Å². The quantitative estimate of drug-likeness (QED) is 0.580. The van der Waals surface area contributed by atoms with E-state index in [2.05, 4.69) is 10.3 Å². The van der Waals surface area contributed by atoms with Crippen LogP contribution in [0.25, 0.3) is 11.3 Å². The van der Waals surface area contributed by atoms with Gasteiger partial charge in [-0.1, -0.05) is 23.2 Å². The molecule has 2 amide bonds. The zero-order valence-corrected chi connectivity index (χ0v) is 17.0. The molecule has 1 aliphatic rings. The molecule has 0 spiro atoms. The summed E-state index contributed by atoms with van der Waals surface area (Å²) in [6.07, 6.45) is 1.45. The van der Waals surface area contributed by atoms with Gasteiger partial charge in [0, 0.05) is 35.2 Å². The van der Waals surface area contributed by atoms with Crippen LogP contribution in [-0.4, -0.2) is 23.3 Å². The van der Waals surface area contributed by atoms with Crippen molar-refractivity contribution < 1.29 is 9.59 Å². The van der Waals surface area contributed by atoms with Gasteiger partial charge in [0.05, 0.1) is 10.0 Å². The number of carbonyl (C=O) groups is 2.